The van der Waals surface area contributed by atoms with Crippen molar-refractivity contribution in [2.24, 2.45) is 11.7 Å². The van der Waals surface area contributed by atoms with Crippen molar-refractivity contribution in [2.45, 2.75) is 45.8 Å². The van der Waals surface area contributed by atoms with Crippen LogP contribution in [0.1, 0.15) is 39.3 Å². The minimum Gasteiger partial charge on any atom is -0.497 e. The van der Waals surface area contributed by atoms with Gasteiger partial charge in [-0.25, -0.2) is 0 Å². The normalized spacial score (nSPS) is 16.5. The topological polar surface area (TPSA) is 38.5 Å². The molecule has 0 aromatic heterocycles. The van der Waals surface area contributed by atoms with E-state index in [2.05, 4.69) is 51.8 Å². The highest BCUT2D eigenvalue weighted by molar-refractivity contribution is 5.30. The van der Waals surface area contributed by atoms with Crippen molar-refractivity contribution in [3.8, 4) is 5.75 Å². The first-order valence-corrected chi connectivity index (χ1v) is 7.00. The fraction of sp³-hybridized carbons (Fsp3) is 0.625. The number of benzene rings is 1. The number of nitrogens with two attached hydrogens (primary N) is 1. The number of nitrogens with zero attached hydrogens (tertiary/aromatic N) is 1. The van der Waals surface area contributed by atoms with Gasteiger partial charge in [0.25, 0.3) is 0 Å². The second-order valence-corrected chi connectivity index (χ2v) is 5.73. The molecule has 3 atom stereocenters. The van der Waals surface area contributed by atoms with Gasteiger partial charge in [-0.3, -0.25) is 4.90 Å². The zero-order valence-electron chi connectivity index (χ0n) is 13.1. The summed E-state index contributed by atoms with van der Waals surface area (Å²) < 4.78 is 5.21. The van der Waals surface area contributed by atoms with Crippen LogP contribution in [0.3, 0.4) is 0 Å². The van der Waals surface area contributed by atoms with Crippen LogP contribution in [0, 0.1) is 5.92 Å². The number of likely N-dealkylation sites (N-methyl/N-ethyl adjacent to an activating group) is 1. The molecular weight excluding hydrogens is 236 g/mol. The molecule has 3 unspecified atom stereocenters. The van der Waals surface area contributed by atoms with E-state index in [0.29, 0.717) is 12.0 Å². The Balaban J connectivity index is 2.99. The zero-order valence-corrected chi connectivity index (χ0v) is 13.1. The lowest BCUT2D eigenvalue weighted by atomic mass is 9.95. The van der Waals surface area contributed by atoms with Crippen LogP contribution in [0.15, 0.2) is 24.3 Å². The van der Waals surface area contributed by atoms with Crippen molar-refractivity contribution in [1.82, 2.24) is 4.90 Å². The summed E-state index contributed by atoms with van der Waals surface area (Å²) in [5.41, 5.74) is 7.45. The summed E-state index contributed by atoms with van der Waals surface area (Å²) in [6.07, 6.45) is 0. The van der Waals surface area contributed by atoms with Crippen LogP contribution in [0.4, 0.5) is 0 Å². The molecule has 0 heterocycles. The second-order valence-electron chi connectivity index (χ2n) is 5.73. The maximum absolute atomic E-state index is 6.21. The number of hydrogen-bond acceptors (Lipinski definition) is 3. The van der Waals surface area contributed by atoms with Gasteiger partial charge >= 0.3 is 0 Å². The van der Waals surface area contributed by atoms with Crippen LogP contribution in [0.5, 0.6) is 5.75 Å². The average molecular weight is 264 g/mol. The number of methoxy groups -OCH3 is 1. The molecule has 19 heavy (non-hydrogen) atoms. The minimum absolute atomic E-state index is 0.0830. The third-order valence-corrected chi connectivity index (χ3v) is 4.00. The molecule has 0 spiro atoms. The molecule has 0 aliphatic rings. The van der Waals surface area contributed by atoms with Gasteiger partial charge in [0.15, 0.2) is 0 Å². The summed E-state index contributed by atoms with van der Waals surface area (Å²) in [7, 11) is 3.84. The largest absolute Gasteiger partial charge is 0.497 e. The van der Waals surface area contributed by atoms with Crippen LogP contribution in [0.2, 0.25) is 0 Å². The minimum atomic E-state index is 0.0830. The van der Waals surface area contributed by atoms with Gasteiger partial charge in [0, 0.05) is 18.1 Å². The molecule has 0 amide bonds. The van der Waals surface area contributed by atoms with E-state index in [1.165, 1.54) is 5.56 Å². The Morgan fingerprint density at radius 2 is 1.58 bits per heavy atom. The van der Waals surface area contributed by atoms with E-state index in [1.54, 1.807) is 7.11 Å². The Hall–Kier alpha value is -1.06. The SMILES string of the molecule is COc1ccc(C(C(C)N)N(C)C(C)C(C)C)cc1. The van der Waals surface area contributed by atoms with E-state index in [-0.39, 0.29) is 12.1 Å². The van der Waals surface area contributed by atoms with Gasteiger partial charge in [0.2, 0.25) is 0 Å². The standard InChI is InChI=1S/C16H28N2O/c1-11(2)13(4)18(5)16(12(3)17)14-7-9-15(19-6)10-8-14/h7-13,16H,17H2,1-6H3. The van der Waals surface area contributed by atoms with Gasteiger partial charge in [-0.1, -0.05) is 26.0 Å². The van der Waals surface area contributed by atoms with Crippen molar-refractivity contribution in [2.75, 3.05) is 14.2 Å². The van der Waals surface area contributed by atoms with Crippen LogP contribution >= 0.6 is 0 Å². The van der Waals surface area contributed by atoms with Crippen molar-refractivity contribution in [1.29, 1.82) is 0 Å². The van der Waals surface area contributed by atoms with Crippen LogP contribution in [-0.4, -0.2) is 31.1 Å². The van der Waals surface area contributed by atoms with E-state index in [9.17, 15) is 0 Å². The predicted molar refractivity (Wildman–Crippen MR) is 81.4 cm³/mol. The first-order valence-electron chi connectivity index (χ1n) is 7.00. The fourth-order valence-corrected chi connectivity index (χ4v) is 2.43. The summed E-state index contributed by atoms with van der Waals surface area (Å²) in [5, 5.41) is 0. The summed E-state index contributed by atoms with van der Waals surface area (Å²) in [4.78, 5) is 2.37. The van der Waals surface area contributed by atoms with Gasteiger partial charge in [-0.15, -0.1) is 0 Å². The molecule has 3 nitrogen and oxygen atoms in total. The summed E-state index contributed by atoms with van der Waals surface area (Å²) in [6.45, 7) is 8.81. The van der Waals surface area contributed by atoms with Crippen molar-refractivity contribution >= 4 is 0 Å². The highest BCUT2D eigenvalue weighted by Gasteiger charge is 2.26. The lowest BCUT2D eigenvalue weighted by molar-refractivity contribution is 0.133. The van der Waals surface area contributed by atoms with Gasteiger partial charge in [-0.05, 0) is 44.5 Å². The molecule has 0 fully saturated rings. The van der Waals surface area contributed by atoms with Gasteiger partial charge < -0.3 is 10.5 Å². The van der Waals surface area contributed by atoms with Gasteiger partial charge in [0.1, 0.15) is 5.75 Å². The molecule has 0 radical (unpaired) electrons. The quantitative estimate of drug-likeness (QED) is 0.858. The van der Waals surface area contributed by atoms with E-state index < -0.39 is 0 Å². The van der Waals surface area contributed by atoms with Crippen LogP contribution < -0.4 is 10.5 Å². The molecule has 0 saturated carbocycles. The maximum atomic E-state index is 6.21. The Bertz CT molecular complexity index is 373. The van der Waals surface area contributed by atoms with Crippen molar-refractivity contribution in [3.05, 3.63) is 29.8 Å². The molecule has 0 aliphatic carbocycles. The smallest absolute Gasteiger partial charge is 0.118 e. The molecule has 3 heteroatoms. The van der Waals surface area contributed by atoms with Gasteiger partial charge in [0.05, 0.1) is 7.11 Å². The van der Waals surface area contributed by atoms with E-state index in [1.807, 2.05) is 12.1 Å². The zero-order chi connectivity index (χ0) is 14.6. The van der Waals surface area contributed by atoms with Crippen LogP contribution in [0.25, 0.3) is 0 Å². The first-order chi connectivity index (χ1) is 8.88. The summed E-state index contributed by atoms with van der Waals surface area (Å²) in [6, 6.07) is 9.00. The Labute approximate surface area is 117 Å². The van der Waals surface area contributed by atoms with E-state index >= 15 is 0 Å². The lowest BCUT2D eigenvalue weighted by Gasteiger charge is -2.37. The number of ether oxygens (including phenoxy) is 1. The third-order valence-electron chi connectivity index (χ3n) is 4.00. The third kappa shape index (κ3) is 3.95. The van der Waals surface area contributed by atoms with Crippen molar-refractivity contribution < 1.29 is 4.74 Å². The van der Waals surface area contributed by atoms with Crippen molar-refractivity contribution in [3.63, 3.8) is 0 Å². The molecule has 0 aliphatic heterocycles. The molecule has 0 saturated heterocycles. The molecule has 108 valence electrons. The van der Waals surface area contributed by atoms with Crippen LogP contribution in [-0.2, 0) is 0 Å². The predicted octanol–water partition coefficient (Wildman–Crippen LogP) is 3.06. The second kappa shape index (κ2) is 6.92. The molecule has 0 bridgehead atoms. The molecule has 1 aromatic rings. The lowest BCUT2D eigenvalue weighted by Crippen LogP contribution is -2.43. The fourth-order valence-electron chi connectivity index (χ4n) is 2.43. The Morgan fingerprint density at radius 1 is 1.05 bits per heavy atom. The molecule has 1 aromatic carbocycles. The van der Waals surface area contributed by atoms with E-state index in [0.717, 1.165) is 5.75 Å². The number of hydrogen-bond donors (Lipinski definition) is 1. The highest BCUT2D eigenvalue weighted by atomic mass is 16.5. The first kappa shape index (κ1) is 16.0. The average Bonchev–Trinajstić information content (AvgIpc) is 2.38. The van der Waals surface area contributed by atoms with Gasteiger partial charge in [-0.2, -0.15) is 0 Å². The monoisotopic (exact) mass is 264 g/mol. The molecule has 2 N–H and O–H groups in total. The Morgan fingerprint density at radius 3 is 1.95 bits per heavy atom. The molecule has 1 rings (SSSR count). The highest BCUT2D eigenvalue weighted by Crippen LogP contribution is 2.27. The Kier molecular flexibility index (Phi) is 5.83. The number of rotatable bonds is 6. The summed E-state index contributed by atoms with van der Waals surface area (Å²) in [5.74, 6) is 1.48. The maximum Gasteiger partial charge on any atom is 0.118 e. The summed E-state index contributed by atoms with van der Waals surface area (Å²) >= 11 is 0. The van der Waals surface area contributed by atoms with E-state index in [4.69, 9.17) is 10.5 Å². The molecular formula is C16H28N2O.